The lowest BCUT2D eigenvalue weighted by molar-refractivity contribution is -0.142. The van der Waals surface area contributed by atoms with Crippen molar-refractivity contribution < 1.29 is 22.0 Å². The Kier molecular flexibility index (Phi) is 5.39. The van der Waals surface area contributed by atoms with Crippen molar-refractivity contribution in [3.05, 3.63) is 70.3 Å². The van der Waals surface area contributed by atoms with Crippen LogP contribution in [-0.2, 0) is 25.4 Å². The number of hydrogen-bond donors (Lipinski definition) is 0. The molecular formula is C18H17F5. The largest absolute Gasteiger partial charge is 0.422 e. The molecule has 0 amide bonds. The predicted molar refractivity (Wildman–Crippen MR) is 79.2 cm³/mol. The molecule has 0 spiro atoms. The predicted octanol–water partition coefficient (Wildman–Crippen LogP) is 5.72. The minimum Gasteiger partial charge on any atom is -0.206 e. The van der Waals surface area contributed by atoms with Gasteiger partial charge in [0.15, 0.2) is 0 Å². The summed E-state index contributed by atoms with van der Waals surface area (Å²) in [4.78, 5) is 0. The van der Waals surface area contributed by atoms with Gasteiger partial charge in [-0.15, -0.1) is 0 Å². The summed E-state index contributed by atoms with van der Waals surface area (Å²) in [6.45, 7) is 2.08. The molecule has 0 saturated heterocycles. The van der Waals surface area contributed by atoms with E-state index in [-0.39, 0.29) is 12.0 Å². The van der Waals surface area contributed by atoms with Crippen LogP contribution < -0.4 is 0 Å². The first-order chi connectivity index (χ1) is 10.8. The third kappa shape index (κ3) is 4.53. The fourth-order valence-electron chi connectivity index (χ4n) is 2.49. The summed E-state index contributed by atoms with van der Waals surface area (Å²) in [5.74, 6) is -3.13. The summed E-state index contributed by atoms with van der Waals surface area (Å²) in [5, 5.41) is 0. The maximum Gasteiger partial charge on any atom is 0.422 e. The Bertz CT molecular complexity index is 633. The zero-order valence-electron chi connectivity index (χ0n) is 12.7. The van der Waals surface area contributed by atoms with Crippen molar-refractivity contribution >= 4 is 0 Å². The average molecular weight is 328 g/mol. The molecule has 0 unspecified atom stereocenters. The summed E-state index contributed by atoms with van der Waals surface area (Å²) in [6, 6.07) is 9.37. The van der Waals surface area contributed by atoms with Crippen LogP contribution >= 0.6 is 0 Å². The third-order valence-electron chi connectivity index (χ3n) is 3.65. The zero-order valence-corrected chi connectivity index (χ0v) is 12.7. The van der Waals surface area contributed by atoms with Crippen molar-refractivity contribution in [2.75, 3.05) is 0 Å². The van der Waals surface area contributed by atoms with Crippen LogP contribution in [0.2, 0.25) is 0 Å². The molecule has 0 saturated carbocycles. The van der Waals surface area contributed by atoms with Gasteiger partial charge in [-0.3, -0.25) is 0 Å². The smallest absolute Gasteiger partial charge is 0.206 e. The number of halogens is 5. The molecule has 0 N–H and O–H groups in total. The Morgan fingerprint density at radius 2 is 1.17 bits per heavy atom. The average Bonchev–Trinajstić information content (AvgIpc) is 2.44. The van der Waals surface area contributed by atoms with E-state index in [9.17, 15) is 22.0 Å². The molecule has 0 atom stereocenters. The number of alkyl halides is 3. The molecule has 2 aromatic carbocycles. The van der Waals surface area contributed by atoms with Gasteiger partial charge in [-0.1, -0.05) is 37.6 Å². The first-order valence-electron chi connectivity index (χ1n) is 7.44. The van der Waals surface area contributed by atoms with Gasteiger partial charge in [0, 0.05) is 0 Å². The molecule has 0 aliphatic rings. The minimum atomic E-state index is -5.03. The Labute approximate surface area is 132 Å². The maximum atomic E-state index is 13.5. The van der Waals surface area contributed by atoms with Crippen LogP contribution in [0.15, 0.2) is 36.4 Å². The van der Waals surface area contributed by atoms with E-state index in [0.29, 0.717) is 6.42 Å². The second kappa shape index (κ2) is 7.11. The zero-order chi connectivity index (χ0) is 17.0. The molecule has 0 radical (unpaired) electrons. The molecule has 124 valence electrons. The molecule has 0 aliphatic carbocycles. The van der Waals surface area contributed by atoms with E-state index >= 15 is 0 Å². The Morgan fingerprint density at radius 3 is 1.61 bits per heavy atom. The molecule has 23 heavy (non-hydrogen) atoms. The van der Waals surface area contributed by atoms with Gasteiger partial charge in [-0.2, -0.15) is 13.2 Å². The van der Waals surface area contributed by atoms with Crippen molar-refractivity contribution in [1.82, 2.24) is 0 Å². The second-order valence-corrected chi connectivity index (χ2v) is 5.50. The third-order valence-corrected chi connectivity index (χ3v) is 3.65. The molecule has 5 heteroatoms. The van der Waals surface area contributed by atoms with E-state index in [1.165, 1.54) is 5.56 Å². The van der Waals surface area contributed by atoms with Crippen LogP contribution in [-0.4, -0.2) is 0 Å². The summed E-state index contributed by atoms with van der Waals surface area (Å²) < 4.78 is 64.6. The highest BCUT2D eigenvalue weighted by Gasteiger charge is 2.37. The fraction of sp³-hybridized carbons (Fsp3) is 0.333. The second-order valence-electron chi connectivity index (χ2n) is 5.50. The highest BCUT2D eigenvalue weighted by molar-refractivity contribution is 5.30. The van der Waals surface area contributed by atoms with E-state index in [1.807, 2.05) is 24.3 Å². The molecule has 2 aromatic rings. The van der Waals surface area contributed by atoms with Crippen molar-refractivity contribution in [1.29, 1.82) is 0 Å². The topological polar surface area (TPSA) is 0 Å². The van der Waals surface area contributed by atoms with Crippen LogP contribution in [0.3, 0.4) is 0 Å². The monoisotopic (exact) mass is 328 g/mol. The van der Waals surface area contributed by atoms with Crippen molar-refractivity contribution in [2.24, 2.45) is 0 Å². The lowest BCUT2D eigenvalue weighted by atomic mass is 10.0. The van der Waals surface area contributed by atoms with Crippen molar-refractivity contribution in [3.63, 3.8) is 0 Å². The van der Waals surface area contributed by atoms with E-state index in [4.69, 9.17) is 0 Å². The highest BCUT2D eigenvalue weighted by Crippen LogP contribution is 2.34. The van der Waals surface area contributed by atoms with Gasteiger partial charge < -0.3 is 0 Å². The molecule has 0 fully saturated rings. The molecule has 0 bridgehead atoms. The van der Waals surface area contributed by atoms with Gasteiger partial charge in [-0.25, -0.2) is 8.78 Å². The fourth-order valence-corrected chi connectivity index (χ4v) is 2.49. The normalized spacial score (nSPS) is 11.7. The van der Waals surface area contributed by atoms with Gasteiger partial charge in [0.1, 0.15) is 17.2 Å². The summed E-state index contributed by atoms with van der Waals surface area (Å²) in [6.07, 6.45) is -2.21. The molecule has 0 aliphatic heterocycles. The summed E-state index contributed by atoms with van der Waals surface area (Å²) in [7, 11) is 0. The molecule has 0 aromatic heterocycles. The Balaban J connectivity index is 2.09. The SMILES string of the molecule is CCCc1ccc(CCc2cc(F)c(C(F)(F)F)c(F)c2)cc1. The quantitative estimate of drug-likeness (QED) is 0.616. The molecular weight excluding hydrogens is 311 g/mol. The van der Waals surface area contributed by atoms with E-state index in [2.05, 4.69) is 6.92 Å². The van der Waals surface area contributed by atoms with Gasteiger partial charge in [0.25, 0.3) is 0 Å². The molecule has 0 heterocycles. The lowest BCUT2D eigenvalue weighted by Gasteiger charge is -2.11. The number of rotatable bonds is 5. The van der Waals surface area contributed by atoms with Crippen molar-refractivity contribution in [3.8, 4) is 0 Å². The van der Waals surface area contributed by atoms with E-state index in [1.54, 1.807) is 0 Å². The highest BCUT2D eigenvalue weighted by atomic mass is 19.4. The molecule has 0 nitrogen and oxygen atoms in total. The summed E-state index contributed by atoms with van der Waals surface area (Å²) >= 11 is 0. The Hall–Kier alpha value is -1.91. The van der Waals surface area contributed by atoms with Gasteiger partial charge in [0.05, 0.1) is 0 Å². The lowest BCUT2D eigenvalue weighted by Crippen LogP contribution is -2.12. The van der Waals surface area contributed by atoms with Crippen LogP contribution in [0, 0.1) is 11.6 Å². The van der Waals surface area contributed by atoms with Crippen LogP contribution in [0.5, 0.6) is 0 Å². The van der Waals surface area contributed by atoms with Gasteiger partial charge >= 0.3 is 6.18 Å². The van der Waals surface area contributed by atoms with Gasteiger partial charge in [-0.05, 0) is 48.1 Å². The first kappa shape index (κ1) is 17.4. The Morgan fingerprint density at radius 1 is 0.739 bits per heavy atom. The van der Waals surface area contributed by atoms with E-state index in [0.717, 1.165) is 30.5 Å². The standard InChI is InChI=1S/C18H17F5/c1-2-3-12-4-6-13(7-5-12)8-9-14-10-15(19)17(16(20)11-14)18(21,22)23/h4-7,10-11H,2-3,8-9H2,1H3. The minimum absolute atomic E-state index is 0.214. The van der Waals surface area contributed by atoms with E-state index < -0.39 is 23.4 Å². The van der Waals surface area contributed by atoms with Crippen LogP contribution in [0.25, 0.3) is 0 Å². The first-order valence-corrected chi connectivity index (χ1v) is 7.44. The van der Waals surface area contributed by atoms with Gasteiger partial charge in [0.2, 0.25) is 0 Å². The number of benzene rings is 2. The molecule has 2 rings (SSSR count). The number of hydrogen-bond acceptors (Lipinski definition) is 0. The van der Waals surface area contributed by atoms with Crippen LogP contribution in [0.4, 0.5) is 22.0 Å². The van der Waals surface area contributed by atoms with Crippen molar-refractivity contribution in [2.45, 2.75) is 38.8 Å². The maximum absolute atomic E-state index is 13.5. The van der Waals surface area contributed by atoms with Crippen LogP contribution in [0.1, 0.15) is 35.6 Å². The summed E-state index contributed by atoms with van der Waals surface area (Å²) in [5.41, 5.74) is 0.573. The number of aryl methyl sites for hydroxylation is 3.